The number of benzene rings is 1. The molecule has 3 rings (SSSR count). The number of pyridine rings is 1. The van der Waals surface area contributed by atoms with Crippen LogP contribution in [0.15, 0.2) is 61.4 Å². The van der Waals surface area contributed by atoms with Crippen molar-refractivity contribution in [2.24, 2.45) is 0 Å². The lowest BCUT2D eigenvalue weighted by Crippen LogP contribution is -2.26. The van der Waals surface area contributed by atoms with Gasteiger partial charge in [-0.05, 0) is 42.3 Å². The largest absolute Gasteiger partial charge is 0.490 e. The molecule has 0 radical (unpaired) electrons. The van der Waals surface area contributed by atoms with Gasteiger partial charge in [-0.1, -0.05) is 24.8 Å². The number of aryl methyl sites for hydroxylation is 1. The predicted octanol–water partition coefficient (Wildman–Crippen LogP) is 3.48. The molecule has 0 fully saturated rings. The zero-order valence-corrected chi connectivity index (χ0v) is 14.5. The molecule has 0 aliphatic rings. The summed E-state index contributed by atoms with van der Waals surface area (Å²) in [7, 11) is 1.78. The quantitative estimate of drug-likeness (QED) is 0.648. The number of hydrogen-bond donors (Lipinski definition) is 0. The van der Waals surface area contributed by atoms with Crippen LogP contribution < -0.4 is 4.74 Å². The number of hydrogen-bond acceptors (Lipinski definition) is 3. The third-order valence-corrected chi connectivity index (χ3v) is 3.89. The van der Waals surface area contributed by atoms with Gasteiger partial charge in [-0.25, -0.2) is 4.98 Å². The zero-order valence-electron chi connectivity index (χ0n) is 14.5. The molecule has 1 amide bonds. The predicted molar refractivity (Wildman–Crippen MR) is 97.9 cm³/mol. The Balaban J connectivity index is 1.69. The van der Waals surface area contributed by atoms with Crippen molar-refractivity contribution in [1.82, 2.24) is 14.3 Å². The van der Waals surface area contributed by atoms with Crippen LogP contribution in [-0.2, 0) is 6.54 Å². The van der Waals surface area contributed by atoms with Crippen LogP contribution in [0.3, 0.4) is 0 Å². The number of rotatable bonds is 6. The molecule has 25 heavy (non-hydrogen) atoms. The summed E-state index contributed by atoms with van der Waals surface area (Å²) in [6.07, 6.45) is 5.38. The maximum Gasteiger partial charge on any atom is 0.274 e. The summed E-state index contributed by atoms with van der Waals surface area (Å²) in [5, 5.41) is 0. The maximum atomic E-state index is 12.6. The normalized spacial score (nSPS) is 10.6. The number of carbonyl (C=O) groups excluding carboxylic acids is 1. The molecule has 0 aliphatic heterocycles. The monoisotopic (exact) mass is 335 g/mol. The average molecular weight is 335 g/mol. The molecule has 3 aromatic rings. The van der Waals surface area contributed by atoms with Gasteiger partial charge in [0.2, 0.25) is 0 Å². The highest BCUT2D eigenvalue weighted by molar-refractivity contribution is 5.92. The Hall–Kier alpha value is -3.08. The van der Waals surface area contributed by atoms with Crippen molar-refractivity contribution in [1.29, 1.82) is 0 Å². The van der Waals surface area contributed by atoms with Gasteiger partial charge in [-0.2, -0.15) is 0 Å². The van der Waals surface area contributed by atoms with Gasteiger partial charge < -0.3 is 14.0 Å². The first-order chi connectivity index (χ1) is 12.1. The van der Waals surface area contributed by atoms with E-state index in [1.165, 1.54) is 0 Å². The van der Waals surface area contributed by atoms with Crippen molar-refractivity contribution in [3.8, 4) is 5.75 Å². The molecule has 1 aromatic carbocycles. The maximum absolute atomic E-state index is 12.6. The summed E-state index contributed by atoms with van der Waals surface area (Å²) < 4.78 is 7.32. The molecule has 0 saturated carbocycles. The molecule has 0 aliphatic carbocycles. The lowest BCUT2D eigenvalue weighted by Gasteiger charge is -2.16. The highest BCUT2D eigenvalue weighted by Crippen LogP contribution is 2.15. The minimum Gasteiger partial charge on any atom is -0.490 e. The molecular formula is C20H21N3O2. The number of ether oxygens (including phenoxy) is 1. The van der Waals surface area contributed by atoms with Crippen LogP contribution in [0.4, 0.5) is 0 Å². The topological polar surface area (TPSA) is 46.8 Å². The lowest BCUT2D eigenvalue weighted by atomic mass is 10.2. The van der Waals surface area contributed by atoms with Crippen molar-refractivity contribution in [2.75, 3.05) is 13.7 Å². The highest BCUT2D eigenvalue weighted by Gasteiger charge is 2.16. The van der Waals surface area contributed by atoms with E-state index in [-0.39, 0.29) is 5.91 Å². The Kier molecular flexibility index (Phi) is 4.84. The summed E-state index contributed by atoms with van der Waals surface area (Å²) >= 11 is 0. The van der Waals surface area contributed by atoms with E-state index in [1.54, 1.807) is 24.2 Å². The van der Waals surface area contributed by atoms with Crippen molar-refractivity contribution in [2.45, 2.75) is 13.5 Å². The molecule has 0 bridgehead atoms. The Labute approximate surface area is 147 Å². The number of amides is 1. The van der Waals surface area contributed by atoms with Crippen LogP contribution in [-0.4, -0.2) is 33.8 Å². The van der Waals surface area contributed by atoms with Crippen LogP contribution in [0.2, 0.25) is 0 Å². The molecule has 5 nitrogen and oxygen atoms in total. The van der Waals surface area contributed by atoms with Crippen LogP contribution in [0.5, 0.6) is 5.75 Å². The molecule has 0 atom stereocenters. The van der Waals surface area contributed by atoms with Crippen molar-refractivity contribution in [3.63, 3.8) is 0 Å². The van der Waals surface area contributed by atoms with Gasteiger partial charge in [0.15, 0.2) is 0 Å². The lowest BCUT2D eigenvalue weighted by molar-refractivity contribution is 0.0780. The summed E-state index contributed by atoms with van der Waals surface area (Å²) in [6, 6.07) is 11.6. The first-order valence-corrected chi connectivity index (χ1v) is 8.10. The molecule has 128 valence electrons. The highest BCUT2D eigenvalue weighted by atomic mass is 16.5. The molecule has 0 N–H and O–H groups in total. The molecule has 2 aromatic heterocycles. The number of carbonyl (C=O) groups is 1. The minimum absolute atomic E-state index is 0.103. The van der Waals surface area contributed by atoms with Gasteiger partial charge in [-0.15, -0.1) is 0 Å². The summed E-state index contributed by atoms with van der Waals surface area (Å²) in [5.41, 5.74) is 3.37. The van der Waals surface area contributed by atoms with Crippen molar-refractivity contribution < 1.29 is 9.53 Å². The number of nitrogens with zero attached hydrogens (tertiary/aromatic N) is 3. The van der Waals surface area contributed by atoms with Gasteiger partial charge in [0.25, 0.3) is 5.91 Å². The van der Waals surface area contributed by atoms with E-state index in [9.17, 15) is 4.79 Å². The zero-order chi connectivity index (χ0) is 17.8. The van der Waals surface area contributed by atoms with E-state index in [1.807, 2.05) is 53.9 Å². The first-order valence-electron chi connectivity index (χ1n) is 8.10. The SMILES string of the molecule is C=CCOc1ccc(CN(C)C(=O)c2cn3ccc(C)cc3n2)cc1. The van der Waals surface area contributed by atoms with E-state index >= 15 is 0 Å². The summed E-state index contributed by atoms with van der Waals surface area (Å²) in [5.74, 6) is 0.682. The van der Waals surface area contributed by atoms with Gasteiger partial charge in [-0.3, -0.25) is 4.79 Å². The Morgan fingerprint density at radius 3 is 2.80 bits per heavy atom. The Bertz CT molecular complexity index is 897. The Morgan fingerprint density at radius 2 is 2.08 bits per heavy atom. The fourth-order valence-electron chi connectivity index (χ4n) is 2.57. The fraction of sp³-hybridized carbons (Fsp3) is 0.200. The van der Waals surface area contributed by atoms with Crippen LogP contribution in [0, 0.1) is 6.92 Å². The van der Waals surface area contributed by atoms with Crippen molar-refractivity contribution in [3.05, 3.63) is 78.3 Å². The minimum atomic E-state index is -0.103. The number of aromatic nitrogens is 2. The van der Waals surface area contributed by atoms with E-state index in [0.29, 0.717) is 18.8 Å². The first kappa shape index (κ1) is 16.8. The van der Waals surface area contributed by atoms with Crippen LogP contribution in [0.1, 0.15) is 21.6 Å². The third kappa shape index (κ3) is 3.88. The van der Waals surface area contributed by atoms with Crippen LogP contribution >= 0.6 is 0 Å². The molecule has 0 saturated heterocycles. The van der Waals surface area contributed by atoms with Gasteiger partial charge in [0.1, 0.15) is 23.7 Å². The second-order valence-electron chi connectivity index (χ2n) is 6.00. The molecule has 0 spiro atoms. The molecule has 5 heteroatoms. The number of fused-ring (bicyclic) bond motifs is 1. The standard InChI is InChI=1S/C20H21N3O2/c1-4-11-25-17-7-5-16(6-8-17)13-22(3)20(24)18-14-23-10-9-15(2)12-19(23)21-18/h4-10,12,14H,1,11,13H2,2-3H3. The molecular weight excluding hydrogens is 314 g/mol. The van der Waals surface area contributed by atoms with E-state index in [2.05, 4.69) is 11.6 Å². The van der Waals surface area contributed by atoms with E-state index < -0.39 is 0 Å². The van der Waals surface area contributed by atoms with Gasteiger partial charge in [0.05, 0.1) is 0 Å². The van der Waals surface area contributed by atoms with Gasteiger partial charge >= 0.3 is 0 Å². The van der Waals surface area contributed by atoms with E-state index in [4.69, 9.17) is 4.74 Å². The number of imidazole rings is 1. The second kappa shape index (κ2) is 7.21. The van der Waals surface area contributed by atoms with E-state index in [0.717, 1.165) is 22.5 Å². The molecule has 0 unspecified atom stereocenters. The second-order valence-corrected chi connectivity index (χ2v) is 6.00. The smallest absolute Gasteiger partial charge is 0.274 e. The fourth-order valence-corrected chi connectivity index (χ4v) is 2.57. The third-order valence-electron chi connectivity index (χ3n) is 3.89. The van der Waals surface area contributed by atoms with Gasteiger partial charge in [0, 0.05) is 26.0 Å². The van der Waals surface area contributed by atoms with Crippen molar-refractivity contribution >= 4 is 11.6 Å². The summed E-state index contributed by atoms with van der Waals surface area (Å²) in [4.78, 5) is 18.7. The molecule has 2 heterocycles. The van der Waals surface area contributed by atoms with Crippen LogP contribution in [0.25, 0.3) is 5.65 Å². The Morgan fingerprint density at radius 1 is 1.32 bits per heavy atom. The average Bonchev–Trinajstić information content (AvgIpc) is 3.03. The summed E-state index contributed by atoms with van der Waals surface area (Å²) in [6.45, 7) is 6.61.